The number of hydrogen-bond acceptors (Lipinski definition) is 5. The van der Waals surface area contributed by atoms with Crippen LogP contribution in [0.5, 0.6) is 0 Å². The first-order valence-corrected chi connectivity index (χ1v) is 5.53. The molecule has 0 saturated carbocycles. The first-order valence-electron chi connectivity index (χ1n) is 4.71. The second-order valence-electron chi connectivity index (χ2n) is 2.99. The highest BCUT2D eigenvalue weighted by molar-refractivity contribution is 8.13. The Bertz CT molecular complexity index is 465. The topological polar surface area (TPSA) is 75.4 Å². The Morgan fingerprint density at radius 3 is 3.06 bits per heavy atom. The van der Waals surface area contributed by atoms with Gasteiger partial charge in [-0.15, -0.1) is 0 Å². The maximum atomic E-state index is 11.3. The third-order valence-corrected chi connectivity index (χ3v) is 2.51. The zero-order valence-electron chi connectivity index (χ0n) is 8.34. The summed E-state index contributed by atoms with van der Waals surface area (Å²) in [4.78, 5) is 15.4. The Hall–Kier alpha value is -1.53. The van der Waals surface area contributed by atoms with Gasteiger partial charge in [0.1, 0.15) is 5.52 Å². The van der Waals surface area contributed by atoms with Crippen molar-refractivity contribution in [3.63, 3.8) is 0 Å². The van der Waals surface area contributed by atoms with Crippen molar-refractivity contribution in [2.24, 2.45) is 0 Å². The number of nitrogens with one attached hydrogen (secondary N) is 1. The van der Waals surface area contributed by atoms with Crippen LogP contribution in [0.1, 0.15) is 0 Å². The molecule has 0 unspecified atom stereocenters. The summed E-state index contributed by atoms with van der Waals surface area (Å²) in [5.41, 5.74) is 1.37. The maximum Gasteiger partial charge on any atom is 0.288 e. The van der Waals surface area contributed by atoms with Gasteiger partial charge in [0.2, 0.25) is 0 Å². The monoisotopic (exact) mass is 238 g/mol. The minimum Gasteiger partial charge on any atom is -0.431 e. The number of carbonyl (C=O) groups is 1. The molecule has 5 nitrogen and oxygen atoms in total. The maximum absolute atomic E-state index is 11.3. The molecule has 1 heterocycles. The van der Waals surface area contributed by atoms with Crippen LogP contribution in [0.25, 0.3) is 11.1 Å². The number of hydrogen-bond donors (Lipinski definition) is 2. The smallest absolute Gasteiger partial charge is 0.288 e. The fourth-order valence-corrected chi connectivity index (χ4v) is 1.78. The van der Waals surface area contributed by atoms with E-state index >= 15 is 0 Å². The van der Waals surface area contributed by atoms with E-state index in [1.54, 1.807) is 6.07 Å². The van der Waals surface area contributed by atoms with E-state index in [0.29, 0.717) is 10.8 Å². The summed E-state index contributed by atoms with van der Waals surface area (Å²) >= 11 is 0.870. The number of carbonyl (C=O) groups excluding carboxylic acids is 1. The predicted octanol–water partition coefficient (Wildman–Crippen LogP) is 1.62. The van der Waals surface area contributed by atoms with Gasteiger partial charge in [0.15, 0.2) is 5.58 Å². The zero-order chi connectivity index (χ0) is 11.4. The van der Waals surface area contributed by atoms with Crippen LogP contribution in [0.4, 0.5) is 4.79 Å². The second-order valence-corrected chi connectivity index (χ2v) is 3.91. The fourth-order valence-electron chi connectivity index (χ4n) is 1.17. The predicted molar refractivity (Wildman–Crippen MR) is 60.4 cm³/mol. The lowest BCUT2D eigenvalue weighted by Crippen LogP contribution is -2.22. The molecule has 1 aromatic heterocycles. The van der Waals surface area contributed by atoms with Crippen molar-refractivity contribution in [3.8, 4) is 0 Å². The Morgan fingerprint density at radius 1 is 1.50 bits per heavy atom. The molecule has 0 aliphatic heterocycles. The lowest BCUT2D eigenvalue weighted by atomic mass is 10.3. The van der Waals surface area contributed by atoms with Crippen LogP contribution in [0.3, 0.4) is 0 Å². The van der Waals surface area contributed by atoms with Crippen molar-refractivity contribution in [2.75, 3.05) is 13.2 Å². The van der Waals surface area contributed by atoms with Crippen LogP contribution in [0.15, 0.2) is 33.9 Å². The molecule has 0 aliphatic carbocycles. The Balaban J connectivity index is 2.07. The summed E-state index contributed by atoms with van der Waals surface area (Å²) in [7, 11) is 0. The van der Waals surface area contributed by atoms with E-state index in [4.69, 9.17) is 9.52 Å². The Labute approximate surface area is 95.9 Å². The molecular weight excluding hydrogens is 228 g/mol. The van der Waals surface area contributed by atoms with E-state index in [1.165, 1.54) is 0 Å². The standard InChI is InChI=1S/C10H10N2O3S/c13-6-5-11-9(14)16-10-12-7-3-1-2-4-8(7)15-10/h1-4,13H,5-6H2,(H,11,14). The van der Waals surface area contributed by atoms with Gasteiger partial charge >= 0.3 is 0 Å². The molecule has 0 bridgehead atoms. The van der Waals surface area contributed by atoms with Crippen LogP contribution in [0, 0.1) is 0 Å². The van der Waals surface area contributed by atoms with Crippen molar-refractivity contribution >= 4 is 28.1 Å². The lowest BCUT2D eigenvalue weighted by Gasteiger charge is -1.97. The van der Waals surface area contributed by atoms with E-state index < -0.39 is 0 Å². The van der Waals surface area contributed by atoms with E-state index in [1.807, 2.05) is 18.2 Å². The summed E-state index contributed by atoms with van der Waals surface area (Å²) < 4.78 is 5.35. The number of amides is 1. The highest BCUT2D eigenvalue weighted by Crippen LogP contribution is 2.23. The average Bonchev–Trinajstić information content (AvgIpc) is 2.68. The number of rotatable bonds is 3. The number of thioether (sulfide) groups is 1. The summed E-state index contributed by atoms with van der Waals surface area (Å²) in [5, 5.41) is 11.0. The average molecular weight is 238 g/mol. The summed E-state index contributed by atoms with van der Waals surface area (Å²) in [6.45, 7) is 0.145. The third kappa shape index (κ3) is 2.53. The first-order chi connectivity index (χ1) is 7.79. The molecule has 0 radical (unpaired) electrons. The second kappa shape index (κ2) is 5.00. The molecule has 84 valence electrons. The summed E-state index contributed by atoms with van der Waals surface area (Å²) in [5.74, 6) is 0. The van der Waals surface area contributed by atoms with E-state index in [0.717, 1.165) is 17.3 Å². The third-order valence-electron chi connectivity index (χ3n) is 1.84. The Kier molecular flexibility index (Phi) is 3.43. The van der Waals surface area contributed by atoms with Crippen LogP contribution in [0.2, 0.25) is 0 Å². The molecule has 0 aliphatic rings. The fraction of sp³-hybridized carbons (Fsp3) is 0.200. The molecule has 0 saturated heterocycles. The zero-order valence-corrected chi connectivity index (χ0v) is 9.16. The van der Waals surface area contributed by atoms with Gasteiger partial charge in [-0.3, -0.25) is 4.79 Å². The van der Waals surface area contributed by atoms with Crippen molar-refractivity contribution < 1.29 is 14.3 Å². The largest absolute Gasteiger partial charge is 0.431 e. The number of nitrogens with zero attached hydrogens (tertiary/aromatic N) is 1. The molecule has 1 aromatic carbocycles. The Morgan fingerprint density at radius 2 is 2.31 bits per heavy atom. The van der Waals surface area contributed by atoms with Gasteiger partial charge in [-0.1, -0.05) is 12.1 Å². The van der Waals surface area contributed by atoms with Crippen LogP contribution in [-0.2, 0) is 0 Å². The number of para-hydroxylation sites is 2. The van der Waals surface area contributed by atoms with E-state index in [9.17, 15) is 4.79 Å². The summed E-state index contributed by atoms with van der Waals surface area (Å²) in [6.07, 6.45) is 0. The molecule has 2 rings (SSSR count). The molecule has 6 heteroatoms. The van der Waals surface area contributed by atoms with E-state index in [-0.39, 0.29) is 18.4 Å². The SMILES string of the molecule is O=C(NCCO)Sc1nc2ccccc2o1. The van der Waals surface area contributed by atoms with Crippen LogP contribution in [-0.4, -0.2) is 28.5 Å². The van der Waals surface area contributed by atoms with Crippen molar-refractivity contribution in [1.29, 1.82) is 0 Å². The van der Waals surface area contributed by atoms with Crippen molar-refractivity contribution in [2.45, 2.75) is 5.22 Å². The van der Waals surface area contributed by atoms with Gasteiger partial charge in [-0.2, -0.15) is 0 Å². The number of aliphatic hydroxyl groups is 1. The van der Waals surface area contributed by atoms with Crippen molar-refractivity contribution in [3.05, 3.63) is 24.3 Å². The lowest BCUT2D eigenvalue weighted by molar-refractivity contribution is 0.252. The molecule has 0 atom stereocenters. The minimum atomic E-state index is -0.291. The molecule has 16 heavy (non-hydrogen) atoms. The quantitative estimate of drug-likeness (QED) is 0.795. The molecule has 0 fully saturated rings. The summed E-state index contributed by atoms with van der Waals surface area (Å²) in [6, 6.07) is 7.30. The number of oxazole rings is 1. The first kappa shape index (κ1) is 11.0. The van der Waals surface area contributed by atoms with Crippen LogP contribution < -0.4 is 5.32 Å². The van der Waals surface area contributed by atoms with Crippen molar-refractivity contribution in [1.82, 2.24) is 10.3 Å². The number of benzene rings is 1. The molecule has 2 N–H and O–H groups in total. The number of aliphatic hydroxyl groups excluding tert-OH is 1. The molecule has 0 spiro atoms. The van der Waals surface area contributed by atoms with Gasteiger partial charge in [0.25, 0.3) is 10.5 Å². The molecule has 1 amide bonds. The number of fused-ring (bicyclic) bond motifs is 1. The highest BCUT2D eigenvalue weighted by atomic mass is 32.2. The van der Waals surface area contributed by atoms with Gasteiger partial charge in [0, 0.05) is 18.3 Å². The van der Waals surface area contributed by atoms with Gasteiger partial charge in [-0.25, -0.2) is 4.98 Å². The van der Waals surface area contributed by atoms with E-state index in [2.05, 4.69) is 10.3 Å². The van der Waals surface area contributed by atoms with Gasteiger partial charge in [0.05, 0.1) is 6.61 Å². The van der Waals surface area contributed by atoms with Gasteiger partial charge < -0.3 is 14.8 Å². The molecular formula is C10H10N2O3S. The minimum absolute atomic E-state index is 0.0835. The molecule has 2 aromatic rings. The normalized spacial score (nSPS) is 10.6. The number of aromatic nitrogens is 1. The highest BCUT2D eigenvalue weighted by Gasteiger charge is 2.10. The van der Waals surface area contributed by atoms with Crippen LogP contribution >= 0.6 is 11.8 Å². The van der Waals surface area contributed by atoms with Gasteiger partial charge in [-0.05, 0) is 12.1 Å².